The summed E-state index contributed by atoms with van der Waals surface area (Å²) in [6.07, 6.45) is 1.91. The largest absolute Gasteiger partial charge is 0.241 e. The molecule has 2 nitrogen and oxygen atoms in total. The van der Waals surface area contributed by atoms with Gasteiger partial charge in [0.2, 0.25) is 0 Å². The lowest BCUT2D eigenvalue weighted by Crippen LogP contribution is -1.84. The van der Waals surface area contributed by atoms with Gasteiger partial charge in [-0.15, -0.1) is 11.3 Å². The van der Waals surface area contributed by atoms with Crippen molar-refractivity contribution in [2.24, 2.45) is 0 Å². The van der Waals surface area contributed by atoms with Crippen LogP contribution >= 0.6 is 11.3 Å². The number of hydrogen-bond donors (Lipinski definition) is 0. The smallest absolute Gasteiger partial charge is 0.127 e. The molecule has 0 spiro atoms. The first kappa shape index (κ1) is 9.48. The van der Waals surface area contributed by atoms with Crippen molar-refractivity contribution in [2.45, 2.75) is 6.92 Å². The van der Waals surface area contributed by atoms with Crippen molar-refractivity contribution in [3.05, 3.63) is 47.7 Å². The van der Waals surface area contributed by atoms with E-state index in [2.05, 4.69) is 27.5 Å². The summed E-state index contributed by atoms with van der Waals surface area (Å²) >= 11 is 1.67. The second-order valence-electron chi connectivity index (χ2n) is 3.65. The Morgan fingerprint density at radius 2 is 1.94 bits per heavy atom. The van der Waals surface area contributed by atoms with Crippen molar-refractivity contribution in [3.8, 4) is 11.1 Å². The van der Waals surface area contributed by atoms with Crippen LogP contribution in [0.25, 0.3) is 21.3 Å². The second-order valence-corrected chi connectivity index (χ2v) is 4.51. The van der Waals surface area contributed by atoms with Crippen LogP contribution in [-0.2, 0) is 0 Å². The molecule has 0 aliphatic rings. The third kappa shape index (κ3) is 1.49. The first-order valence-corrected chi connectivity index (χ1v) is 5.99. The summed E-state index contributed by atoms with van der Waals surface area (Å²) in [5.41, 5.74) is 2.45. The molecule has 78 valence electrons. The molecule has 0 atom stereocenters. The maximum Gasteiger partial charge on any atom is 0.127 e. The molecule has 0 saturated carbocycles. The summed E-state index contributed by atoms with van der Waals surface area (Å²) in [5, 5.41) is 3.29. The Morgan fingerprint density at radius 1 is 1.12 bits per heavy atom. The standard InChI is InChI=1S/C13H10N2S/c1-9-14-7-11-12(8-16-13(11)15-9)10-5-3-2-4-6-10/h2-8H,1H3. The predicted molar refractivity (Wildman–Crippen MR) is 67.6 cm³/mol. The Kier molecular flexibility index (Phi) is 2.18. The monoisotopic (exact) mass is 226 g/mol. The Hall–Kier alpha value is -1.74. The number of nitrogens with zero attached hydrogens (tertiary/aromatic N) is 2. The van der Waals surface area contributed by atoms with Crippen LogP contribution < -0.4 is 0 Å². The van der Waals surface area contributed by atoms with Crippen LogP contribution in [0.5, 0.6) is 0 Å². The Balaban J connectivity index is 2.26. The normalized spacial score (nSPS) is 10.8. The molecule has 0 aliphatic heterocycles. The molecule has 16 heavy (non-hydrogen) atoms. The fraction of sp³-hybridized carbons (Fsp3) is 0.0769. The number of rotatable bonds is 1. The zero-order valence-electron chi connectivity index (χ0n) is 8.84. The zero-order valence-corrected chi connectivity index (χ0v) is 9.66. The fourth-order valence-corrected chi connectivity index (χ4v) is 2.71. The fourth-order valence-electron chi connectivity index (χ4n) is 1.74. The van der Waals surface area contributed by atoms with Gasteiger partial charge in [0.05, 0.1) is 0 Å². The molecular formula is C13H10N2S. The van der Waals surface area contributed by atoms with Crippen LogP contribution in [0.1, 0.15) is 5.82 Å². The summed E-state index contributed by atoms with van der Waals surface area (Å²) < 4.78 is 0. The number of benzene rings is 1. The van der Waals surface area contributed by atoms with E-state index in [4.69, 9.17) is 0 Å². The van der Waals surface area contributed by atoms with E-state index in [1.165, 1.54) is 11.1 Å². The highest BCUT2D eigenvalue weighted by molar-refractivity contribution is 7.17. The van der Waals surface area contributed by atoms with Gasteiger partial charge in [0, 0.05) is 22.5 Å². The van der Waals surface area contributed by atoms with Gasteiger partial charge >= 0.3 is 0 Å². The number of fused-ring (bicyclic) bond motifs is 1. The first-order valence-electron chi connectivity index (χ1n) is 5.11. The maximum absolute atomic E-state index is 4.43. The second kappa shape index (κ2) is 3.68. The van der Waals surface area contributed by atoms with Crippen LogP contribution in [0.2, 0.25) is 0 Å². The molecule has 2 heterocycles. The lowest BCUT2D eigenvalue weighted by atomic mass is 10.1. The number of aromatic nitrogens is 2. The number of aryl methyl sites for hydroxylation is 1. The van der Waals surface area contributed by atoms with Gasteiger partial charge in [-0.25, -0.2) is 9.97 Å². The Bertz CT molecular complexity index is 629. The van der Waals surface area contributed by atoms with Gasteiger partial charge in [0.25, 0.3) is 0 Å². The minimum atomic E-state index is 0.828. The van der Waals surface area contributed by atoms with Crippen LogP contribution in [0.3, 0.4) is 0 Å². The summed E-state index contributed by atoms with van der Waals surface area (Å²) in [6.45, 7) is 1.92. The molecule has 2 aromatic heterocycles. The minimum absolute atomic E-state index is 0.828. The topological polar surface area (TPSA) is 25.8 Å². The van der Waals surface area contributed by atoms with Crippen molar-refractivity contribution in [3.63, 3.8) is 0 Å². The molecule has 0 saturated heterocycles. The SMILES string of the molecule is Cc1ncc2c(-c3ccccc3)csc2n1. The molecule has 3 rings (SSSR count). The summed E-state index contributed by atoms with van der Waals surface area (Å²) in [5.74, 6) is 0.828. The van der Waals surface area contributed by atoms with Gasteiger partial charge in [0.15, 0.2) is 0 Å². The summed E-state index contributed by atoms with van der Waals surface area (Å²) in [4.78, 5) is 9.75. The highest BCUT2D eigenvalue weighted by Gasteiger charge is 2.07. The highest BCUT2D eigenvalue weighted by Crippen LogP contribution is 2.32. The first-order chi connectivity index (χ1) is 7.84. The average Bonchev–Trinajstić information content (AvgIpc) is 2.73. The molecule has 3 heteroatoms. The minimum Gasteiger partial charge on any atom is -0.241 e. The lowest BCUT2D eigenvalue weighted by Gasteiger charge is -1.98. The molecule has 3 aromatic rings. The van der Waals surface area contributed by atoms with E-state index < -0.39 is 0 Å². The predicted octanol–water partition coefficient (Wildman–Crippen LogP) is 3.67. The van der Waals surface area contributed by atoms with Crippen LogP contribution in [0.15, 0.2) is 41.9 Å². The van der Waals surface area contributed by atoms with Gasteiger partial charge in [-0.1, -0.05) is 30.3 Å². The molecule has 0 N–H and O–H groups in total. The van der Waals surface area contributed by atoms with Crippen molar-refractivity contribution >= 4 is 21.6 Å². The van der Waals surface area contributed by atoms with E-state index in [0.29, 0.717) is 0 Å². The molecular weight excluding hydrogens is 216 g/mol. The Morgan fingerprint density at radius 3 is 2.75 bits per heavy atom. The van der Waals surface area contributed by atoms with E-state index in [0.717, 1.165) is 16.0 Å². The molecule has 1 aromatic carbocycles. The molecule has 0 amide bonds. The van der Waals surface area contributed by atoms with E-state index in [9.17, 15) is 0 Å². The summed E-state index contributed by atoms with van der Waals surface area (Å²) in [6, 6.07) is 10.4. The van der Waals surface area contributed by atoms with Crippen LogP contribution in [0.4, 0.5) is 0 Å². The molecule has 0 unspecified atom stereocenters. The third-order valence-corrected chi connectivity index (χ3v) is 3.43. The number of hydrogen-bond acceptors (Lipinski definition) is 3. The Labute approximate surface area is 97.6 Å². The van der Waals surface area contributed by atoms with E-state index in [-0.39, 0.29) is 0 Å². The van der Waals surface area contributed by atoms with Gasteiger partial charge in [-0.2, -0.15) is 0 Å². The van der Waals surface area contributed by atoms with Crippen molar-refractivity contribution in [1.82, 2.24) is 9.97 Å². The molecule has 0 bridgehead atoms. The van der Waals surface area contributed by atoms with E-state index >= 15 is 0 Å². The zero-order chi connectivity index (χ0) is 11.0. The average molecular weight is 226 g/mol. The number of thiophene rings is 1. The summed E-state index contributed by atoms with van der Waals surface area (Å²) in [7, 11) is 0. The molecule has 0 radical (unpaired) electrons. The van der Waals surface area contributed by atoms with Gasteiger partial charge in [-0.3, -0.25) is 0 Å². The highest BCUT2D eigenvalue weighted by atomic mass is 32.1. The molecule has 0 aliphatic carbocycles. The molecule has 0 fully saturated rings. The van der Waals surface area contributed by atoms with Crippen LogP contribution in [0, 0.1) is 6.92 Å². The lowest BCUT2D eigenvalue weighted by molar-refractivity contribution is 1.10. The third-order valence-electron chi connectivity index (χ3n) is 2.54. The maximum atomic E-state index is 4.43. The van der Waals surface area contributed by atoms with Crippen molar-refractivity contribution < 1.29 is 0 Å². The van der Waals surface area contributed by atoms with Crippen molar-refractivity contribution in [1.29, 1.82) is 0 Å². The van der Waals surface area contributed by atoms with E-state index in [1.807, 2.05) is 31.3 Å². The van der Waals surface area contributed by atoms with Crippen molar-refractivity contribution in [2.75, 3.05) is 0 Å². The van der Waals surface area contributed by atoms with Gasteiger partial charge in [0.1, 0.15) is 10.7 Å². The van der Waals surface area contributed by atoms with Gasteiger partial charge in [-0.05, 0) is 12.5 Å². The quantitative estimate of drug-likeness (QED) is 0.632. The van der Waals surface area contributed by atoms with Crippen LogP contribution in [-0.4, -0.2) is 9.97 Å². The van der Waals surface area contributed by atoms with E-state index in [1.54, 1.807) is 11.3 Å². The van der Waals surface area contributed by atoms with Gasteiger partial charge < -0.3 is 0 Å².